The summed E-state index contributed by atoms with van der Waals surface area (Å²) in [6.07, 6.45) is 8.88. The molecule has 4 bridgehead atoms. The van der Waals surface area contributed by atoms with E-state index in [0.717, 1.165) is 35.3 Å². The van der Waals surface area contributed by atoms with Crippen molar-refractivity contribution >= 4 is 18.0 Å². The molecule has 0 aromatic heterocycles. The first-order valence-corrected chi connectivity index (χ1v) is 13.5. The van der Waals surface area contributed by atoms with E-state index in [4.69, 9.17) is 0 Å². The zero-order valence-electron chi connectivity index (χ0n) is 21.2. The molecule has 36 heavy (non-hydrogen) atoms. The number of hydrogen-bond donors (Lipinski definition) is 4. The van der Waals surface area contributed by atoms with Crippen LogP contribution in [0.5, 0.6) is 0 Å². The molecule has 4 N–H and O–H groups in total. The lowest BCUT2D eigenvalue weighted by Gasteiger charge is -2.56. The van der Waals surface area contributed by atoms with Crippen molar-refractivity contribution < 1.29 is 14.7 Å². The number of benzene rings is 2. The second-order valence-electron chi connectivity index (χ2n) is 11.7. The lowest BCUT2D eigenvalue weighted by molar-refractivity contribution is -0.126. The Morgan fingerprint density at radius 2 is 1.69 bits per heavy atom. The lowest BCUT2D eigenvalue weighted by atomic mass is 9.53. The molecule has 0 saturated heterocycles. The van der Waals surface area contributed by atoms with Crippen molar-refractivity contribution in [3.8, 4) is 0 Å². The highest BCUT2D eigenvalue weighted by molar-refractivity contribution is 5.79. The van der Waals surface area contributed by atoms with Gasteiger partial charge in [-0.2, -0.15) is 0 Å². The van der Waals surface area contributed by atoms with Crippen molar-refractivity contribution in [2.75, 3.05) is 11.9 Å². The number of amides is 2. The Balaban J connectivity index is 1.11. The normalized spacial score (nSPS) is 27.9. The molecule has 6 rings (SSSR count). The fraction of sp³-hybridized carbons (Fsp3) is 0.533. The van der Waals surface area contributed by atoms with Gasteiger partial charge in [-0.1, -0.05) is 36.4 Å². The van der Waals surface area contributed by atoms with Crippen LogP contribution in [0.15, 0.2) is 48.5 Å². The topological polar surface area (TPSA) is 90.5 Å². The van der Waals surface area contributed by atoms with Crippen molar-refractivity contribution in [1.82, 2.24) is 10.6 Å². The van der Waals surface area contributed by atoms with Gasteiger partial charge in [0, 0.05) is 23.8 Å². The zero-order valence-corrected chi connectivity index (χ0v) is 21.2. The fourth-order valence-electron chi connectivity index (χ4n) is 7.42. The average molecular weight is 490 g/mol. The van der Waals surface area contributed by atoms with Crippen LogP contribution in [0.4, 0.5) is 5.69 Å². The second-order valence-corrected chi connectivity index (χ2v) is 11.7. The van der Waals surface area contributed by atoms with Gasteiger partial charge in [0.2, 0.25) is 12.3 Å². The molecule has 4 aliphatic rings. The Labute approximate surface area is 214 Å². The number of aliphatic hydroxyl groups excluding tert-OH is 1. The molecule has 192 valence electrons. The van der Waals surface area contributed by atoms with Crippen molar-refractivity contribution in [3.05, 3.63) is 65.2 Å². The number of carbonyl (C=O) groups is 2. The maximum absolute atomic E-state index is 13.0. The molecule has 2 aromatic carbocycles. The van der Waals surface area contributed by atoms with Crippen molar-refractivity contribution in [2.45, 2.75) is 76.0 Å². The molecule has 4 fully saturated rings. The number of hydrogen-bond acceptors (Lipinski definition) is 4. The number of rotatable bonds is 11. The Kier molecular flexibility index (Phi) is 7.44. The SMILES string of the molecule is C[C@H](Cc1cccc(CC(=O)NC23CC4CC(CC(C4)C2)C3)c1)NC[C@@H](O)c1cccc(NC=O)c1. The highest BCUT2D eigenvalue weighted by atomic mass is 16.3. The summed E-state index contributed by atoms with van der Waals surface area (Å²) in [5.74, 6) is 2.63. The van der Waals surface area contributed by atoms with Crippen LogP contribution in [0.1, 0.15) is 68.2 Å². The lowest BCUT2D eigenvalue weighted by Crippen LogP contribution is -2.60. The molecule has 4 saturated carbocycles. The molecule has 2 atom stereocenters. The smallest absolute Gasteiger partial charge is 0.224 e. The summed E-state index contributed by atoms with van der Waals surface area (Å²) >= 11 is 0. The Hall–Kier alpha value is -2.70. The molecule has 0 aliphatic heterocycles. The van der Waals surface area contributed by atoms with Crippen LogP contribution in [0.2, 0.25) is 0 Å². The predicted octanol–water partition coefficient (Wildman–Crippen LogP) is 4.14. The molecular weight excluding hydrogens is 450 g/mol. The molecular formula is C30H39N3O3. The standard InChI is InChI=1S/C30H39N3O3/c1-20(31-18-28(35)26-6-3-7-27(14-26)32-19-34)8-21-4-2-5-22(9-21)13-29(36)33-30-15-23-10-24(16-30)12-25(11-23)17-30/h2-7,9,14,19-20,23-25,28,31,35H,8,10-13,15-18H2,1H3,(H,32,34)(H,33,36)/t20-,23?,24?,25?,28-,30?/m1/s1. The highest BCUT2D eigenvalue weighted by Gasteiger charge is 2.51. The first kappa shape index (κ1) is 25.0. The summed E-state index contributed by atoms with van der Waals surface area (Å²) < 4.78 is 0. The van der Waals surface area contributed by atoms with Crippen LogP contribution >= 0.6 is 0 Å². The summed E-state index contributed by atoms with van der Waals surface area (Å²) in [5, 5.41) is 20.1. The minimum Gasteiger partial charge on any atom is -0.387 e. The summed E-state index contributed by atoms with van der Waals surface area (Å²) in [4.78, 5) is 23.7. The number of aliphatic hydroxyl groups is 1. The van der Waals surface area contributed by atoms with Crippen LogP contribution in [0.25, 0.3) is 0 Å². The average Bonchev–Trinajstić information content (AvgIpc) is 2.82. The third-order valence-electron chi connectivity index (χ3n) is 8.50. The van der Waals surface area contributed by atoms with Gasteiger partial charge in [0.05, 0.1) is 12.5 Å². The molecule has 4 aliphatic carbocycles. The molecule has 2 aromatic rings. The maximum Gasteiger partial charge on any atom is 0.224 e. The van der Waals surface area contributed by atoms with Gasteiger partial charge in [0.25, 0.3) is 0 Å². The molecule has 2 amide bonds. The van der Waals surface area contributed by atoms with Crippen molar-refractivity contribution in [1.29, 1.82) is 0 Å². The van der Waals surface area contributed by atoms with E-state index in [9.17, 15) is 14.7 Å². The zero-order chi connectivity index (χ0) is 25.1. The summed E-state index contributed by atoms with van der Waals surface area (Å²) in [5.41, 5.74) is 3.72. The molecule has 0 unspecified atom stereocenters. The van der Waals surface area contributed by atoms with Crippen LogP contribution < -0.4 is 16.0 Å². The van der Waals surface area contributed by atoms with E-state index in [-0.39, 0.29) is 17.5 Å². The van der Waals surface area contributed by atoms with Gasteiger partial charge in [-0.3, -0.25) is 9.59 Å². The van der Waals surface area contributed by atoms with Crippen LogP contribution in [-0.2, 0) is 22.4 Å². The minimum atomic E-state index is -0.666. The van der Waals surface area contributed by atoms with E-state index < -0.39 is 6.10 Å². The number of nitrogens with one attached hydrogen (secondary N) is 3. The van der Waals surface area contributed by atoms with E-state index in [1.165, 1.54) is 44.1 Å². The van der Waals surface area contributed by atoms with Gasteiger partial charge in [-0.25, -0.2) is 0 Å². The van der Waals surface area contributed by atoms with E-state index in [1.54, 1.807) is 12.1 Å². The third kappa shape index (κ3) is 5.98. The van der Waals surface area contributed by atoms with E-state index in [1.807, 2.05) is 24.3 Å². The monoisotopic (exact) mass is 489 g/mol. The number of anilines is 1. The van der Waals surface area contributed by atoms with Gasteiger partial charge in [0.15, 0.2) is 0 Å². The number of carbonyl (C=O) groups excluding carboxylic acids is 2. The Morgan fingerprint density at radius 3 is 2.39 bits per heavy atom. The minimum absolute atomic E-state index is 0.0610. The molecule has 0 heterocycles. The van der Waals surface area contributed by atoms with Crippen molar-refractivity contribution in [2.24, 2.45) is 17.8 Å². The second kappa shape index (κ2) is 10.7. The molecule has 6 heteroatoms. The summed E-state index contributed by atoms with van der Waals surface area (Å²) in [6, 6.07) is 15.7. The molecule has 0 radical (unpaired) electrons. The van der Waals surface area contributed by atoms with Crippen LogP contribution in [0, 0.1) is 17.8 Å². The van der Waals surface area contributed by atoms with E-state index >= 15 is 0 Å². The predicted molar refractivity (Wildman–Crippen MR) is 141 cm³/mol. The van der Waals surface area contributed by atoms with Gasteiger partial charge >= 0.3 is 0 Å². The Bertz CT molecular complexity index is 1050. The first-order chi connectivity index (χ1) is 17.4. The summed E-state index contributed by atoms with van der Waals surface area (Å²) in [7, 11) is 0. The Morgan fingerprint density at radius 1 is 1.03 bits per heavy atom. The van der Waals surface area contributed by atoms with Crippen LogP contribution in [0.3, 0.4) is 0 Å². The quantitative estimate of drug-likeness (QED) is 0.357. The van der Waals surface area contributed by atoms with E-state index in [0.29, 0.717) is 25.1 Å². The fourth-order valence-corrected chi connectivity index (χ4v) is 7.42. The third-order valence-corrected chi connectivity index (χ3v) is 8.50. The molecule has 0 spiro atoms. The largest absolute Gasteiger partial charge is 0.387 e. The van der Waals surface area contributed by atoms with Gasteiger partial charge < -0.3 is 21.1 Å². The van der Waals surface area contributed by atoms with Crippen molar-refractivity contribution in [3.63, 3.8) is 0 Å². The molecule has 6 nitrogen and oxygen atoms in total. The summed E-state index contributed by atoms with van der Waals surface area (Å²) in [6.45, 7) is 2.52. The van der Waals surface area contributed by atoms with Gasteiger partial charge in [-0.15, -0.1) is 0 Å². The first-order valence-electron chi connectivity index (χ1n) is 13.5. The maximum atomic E-state index is 13.0. The van der Waals surface area contributed by atoms with Crippen LogP contribution in [-0.4, -0.2) is 35.5 Å². The van der Waals surface area contributed by atoms with Gasteiger partial charge in [0.1, 0.15) is 0 Å². The highest BCUT2D eigenvalue weighted by Crippen LogP contribution is 2.55. The van der Waals surface area contributed by atoms with E-state index in [2.05, 4.69) is 35.0 Å². The van der Waals surface area contributed by atoms with Gasteiger partial charge in [-0.05, 0) is 98.4 Å².